The Kier molecular flexibility index (Phi) is 7.49. The van der Waals surface area contributed by atoms with E-state index in [-0.39, 0.29) is 30.8 Å². The number of carbonyl (C=O) groups is 1. The van der Waals surface area contributed by atoms with Crippen molar-refractivity contribution in [3.63, 3.8) is 0 Å². The third-order valence-corrected chi connectivity index (χ3v) is 4.57. The molecule has 2 rings (SSSR count). The Morgan fingerprint density at radius 3 is 3.00 bits per heavy atom. The molecule has 1 aromatic rings. The van der Waals surface area contributed by atoms with Crippen LogP contribution in [0, 0.1) is 5.92 Å². The van der Waals surface area contributed by atoms with Gasteiger partial charge in [0.05, 0.1) is 0 Å². The summed E-state index contributed by atoms with van der Waals surface area (Å²) in [4.78, 5) is 12.2. The maximum absolute atomic E-state index is 12.2. The first-order valence-corrected chi connectivity index (χ1v) is 9.06. The van der Waals surface area contributed by atoms with E-state index in [2.05, 4.69) is 12.0 Å². The van der Waals surface area contributed by atoms with E-state index >= 15 is 0 Å². The van der Waals surface area contributed by atoms with Gasteiger partial charge in [0.15, 0.2) is 0 Å². The summed E-state index contributed by atoms with van der Waals surface area (Å²) in [6, 6.07) is 2.04. The van der Waals surface area contributed by atoms with Crippen LogP contribution in [-0.2, 0) is 19.0 Å². The molecule has 0 bridgehead atoms. The first-order chi connectivity index (χ1) is 11.7. The van der Waals surface area contributed by atoms with E-state index in [1.54, 1.807) is 11.3 Å². The molecule has 0 saturated carbocycles. The number of aliphatic hydroxyl groups excluding tert-OH is 1. The lowest BCUT2D eigenvalue weighted by Gasteiger charge is -2.36. The Hall–Kier alpha value is -1.63. The zero-order chi connectivity index (χ0) is 17.4. The van der Waals surface area contributed by atoms with Crippen molar-refractivity contribution in [2.24, 2.45) is 5.92 Å². The molecule has 3 atom stereocenters. The highest BCUT2D eigenvalue weighted by molar-refractivity contribution is 7.08. The molecule has 0 amide bonds. The summed E-state index contributed by atoms with van der Waals surface area (Å²) in [5, 5.41) is 13.3. The van der Waals surface area contributed by atoms with Gasteiger partial charge in [0.2, 0.25) is 12.0 Å². The van der Waals surface area contributed by atoms with Crippen LogP contribution in [0.15, 0.2) is 41.3 Å². The standard InChI is InChI=1S/C18H24O5S/c1-3-9-22-17(20)16-11-15(13-7-10-24-12-13)14(6-5-8-19)18(23-16)21-4-2/h3,7,10-12,14-15,18-19H,1,4-6,8-9H2,2H3/t14-,15-,18-/m1/s1. The fourth-order valence-electron chi connectivity index (χ4n) is 2.80. The molecule has 0 unspecified atom stereocenters. The van der Waals surface area contributed by atoms with Crippen LogP contribution in [-0.4, -0.2) is 37.2 Å². The molecule has 0 saturated heterocycles. The van der Waals surface area contributed by atoms with Crippen LogP contribution in [0.1, 0.15) is 31.2 Å². The number of carbonyl (C=O) groups excluding carboxylic acids is 1. The van der Waals surface area contributed by atoms with Crippen molar-refractivity contribution in [3.05, 3.63) is 46.9 Å². The normalized spacial score (nSPS) is 23.2. The smallest absolute Gasteiger partial charge is 0.373 e. The van der Waals surface area contributed by atoms with Crippen molar-refractivity contribution < 1.29 is 24.1 Å². The Balaban J connectivity index is 2.29. The van der Waals surface area contributed by atoms with Crippen LogP contribution < -0.4 is 0 Å². The summed E-state index contributed by atoms with van der Waals surface area (Å²) in [5.41, 5.74) is 1.12. The molecule has 132 valence electrons. The number of thiophene rings is 1. The lowest BCUT2D eigenvalue weighted by Crippen LogP contribution is -2.36. The van der Waals surface area contributed by atoms with Gasteiger partial charge in [-0.3, -0.25) is 0 Å². The van der Waals surface area contributed by atoms with Gasteiger partial charge in [-0.2, -0.15) is 11.3 Å². The highest BCUT2D eigenvalue weighted by atomic mass is 32.1. The van der Waals surface area contributed by atoms with E-state index < -0.39 is 12.3 Å². The Labute approximate surface area is 146 Å². The molecular weight excluding hydrogens is 328 g/mol. The van der Waals surface area contributed by atoms with Crippen molar-refractivity contribution in [1.82, 2.24) is 0 Å². The summed E-state index contributed by atoms with van der Waals surface area (Å²) >= 11 is 1.61. The monoisotopic (exact) mass is 352 g/mol. The molecule has 0 radical (unpaired) electrons. The topological polar surface area (TPSA) is 65.0 Å². The summed E-state index contributed by atoms with van der Waals surface area (Å²) in [7, 11) is 0. The summed E-state index contributed by atoms with van der Waals surface area (Å²) in [6.45, 7) is 6.16. The van der Waals surface area contributed by atoms with E-state index in [4.69, 9.17) is 14.2 Å². The summed E-state index contributed by atoms with van der Waals surface area (Å²) in [6.07, 6.45) is 4.19. The van der Waals surface area contributed by atoms with Crippen molar-refractivity contribution in [3.8, 4) is 0 Å². The number of allylic oxidation sites excluding steroid dienone is 1. The minimum Gasteiger partial charge on any atom is -0.457 e. The van der Waals surface area contributed by atoms with Crippen LogP contribution >= 0.6 is 11.3 Å². The highest BCUT2D eigenvalue weighted by Gasteiger charge is 2.38. The Bertz CT molecular complexity index is 552. The first-order valence-electron chi connectivity index (χ1n) is 8.12. The molecule has 2 heterocycles. The second-order valence-corrected chi connectivity index (χ2v) is 6.25. The van der Waals surface area contributed by atoms with Gasteiger partial charge in [-0.05, 0) is 48.2 Å². The van der Waals surface area contributed by atoms with Crippen molar-refractivity contribution in [1.29, 1.82) is 0 Å². The fraction of sp³-hybridized carbons (Fsp3) is 0.500. The average molecular weight is 352 g/mol. The van der Waals surface area contributed by atoms with Gasteiger partial charge in [0, 0.05) is 25.0 Å². The van der Waals surface area contributed by atoms with E-state index in [1.807, 2.05) is 24.4 Å². The Morgan fingerprint density at radius 1 is 1.54 bits per heavy atom. The maximum atomic E-state index is 12.2. The largest absolute Gasteiger partial charge is 0.457 e. The second kappa shape index (κ2) is 9.61. The third kappa shape index (κ3) is 4.69. The Morgan fingerprint density at radius 2 is 2.38 bits per heavy atom. The number of aliphatic hydroxyl groups is 1. The van der Waals surface area contributed by atoms with Gasteiger partial charge in [0.25, 0.3) is 0 Å². The van der Waals surface area contributed by atoms with Gasteiger partial charge >= 0.3 is 5.97 Å². The molecule has 0 spiro atoms. The SMILES string of the molecule is C=CCOC(=O)C1=C[C@H](c2ccsc2)[C@@H](CCCO)[C@H](OCC)O1. The van der Waals surface area contributed by atoms with Gasteiger partial charge in [-0.1, -0.05) is 12.7 Å². The van der Waals surface area contributed by atoms with Gasteiger partial charge < -0.3 is 19.3 Å². The number of esters is 1. The number of ether oxygens (including phenoxy) is 3. The fourth-order valence-corrected chi connectivity index (χ4v) is 3.51. The predicted molar refractivity (Wildman–Crippen MR) is 92.6 cm³/mol. The molecule has 1 N–H and O–H groups in total. The minimum atomic E-state index is -0.539. The molecule has 1 aliphatic heterocycles. The van der Waals surface area contributed by atoms with Crippen molar-refractivity contribution >= 4 is 17.3 Å². The van der Waals surface area contributed by atoms with Crippen LogP contribution in [0.2, 0.25) is 0 Å². The highest BCUT2D eigenvalue weighted by Crippen LogP contribution is 2.40. The quantitative estimate of drug-likeness (QED) is 0.546. The minimum absolute atomic E-state index is 0.0145. The zero-order valence-corrected chi connectivity index (χ0v) is 14.7. The van der Waals surface area contributed by atoms with Crippen LogP contribution in [0.5, 0.6) is 0 Å². The molecule has 5 nitrogen and oxygen atoms in total. The van der Waals surface area contributed by atoms with Crippen molar-refractivity contribution in [2.45, 2.75) is 32.0 Å². The molecule has 24 heavy (non-hydrogen) atoms. The molecule has 0 fully saturated rings. The van der Waals surface area contributed by atoms with Gasteiger partial charge in [-0.25, -0.2) is 4.79 Å². The van der Waals surface area contributed by atoms with E-state index in [9.17, 15) is 9.90 Å². The van der Waals surface area contributed by atoms with E-state index in [0.29, 0.717) is 13.0 Å². The second-order valence-electron chi connectivity index (χ2n) is 5.47. The number of rotatable bonds is 9. The number of hydrogen-bond donors (Lipinski definition) is 1. The van der Waals surface area contributed by atoms with E-state index in [1.165, 1.54) is 6.08 Å². The molecule has 0 aliphatic carbocycles. The van der Waals surface area contributed by atoms with Crippen LogP contribution in [0.3, 0.4) is 0 Å². The molecule has 1 aromatic heterocycles. The number of hydrogen-bond acceptors (Lipinski definition) is 6. The van der Waals surface area contributed by atoms with Crippen LogP contribution in [0.25, 0.3) is 0 Å². The predicted octanol–water partition coefficient (Wildman–Crippen LogP) is 3.23. The van der Waals surface area contributed by atoms with E-state index in [0.717, 1.165) is 12.0 Å². The molecular formula is C18H24O5S. The molecule has 0 aromatic carbocycles. The van der Waals surface area contributed by atoms with Crippen molar-refractivity contribution in [2.75, 3.05) is 19.8 Å². The zero-order valence-electron chi connectivity index (χ0n) is 13.8. The van der Waals surface area contributed by atoms with Gasteiger partial charge in [0.1, 0.15) is 6.61 Å². The first kappa shape index (κ1) is 18.7. The average Bonchev–Trinajstić information content (AvgIpc) is 3.12. The maximum Gasteiger partial charge on any atom is 0.373 e. The lowest BCUT2D eigenvalue weighted by atomic mass is 9.82. The molecule has 1 aliphatic rings. The lowest BCUT2D eigenvalue weighted by molar-refractivity contribution is -0.175. The van der Waals surface area contributed by atoms with Gasteiger partial charge in [-0.15, -0.1) is 0 Å². The third-order valence-electron chi connectivity index (χ3n) is 3.87. The summed E-state index contributed by atoms with van der Waals surface area (Å²) < 4.78 is 16.6. The summed E-state index contributed by atoms with van der Waals surface area (Å²) in [5.74, 6) is -0.325. The van der Waals surface area contributed by atoms with Crippen LogP contribution in [0.4, 0.5) is 0 Å². The molecule has 6 heteroatoms.